The van der Waals surface area contributed by atoms with E-state index in [0.717, 1.165) is 53.4 Å². The van der Waals surface area contributed by atoms with Gasteiger partial charge in [0.05, 0.1) is 15.9 Å². The number of fused-ring (bicyclic) bond motifs is 2. The van der Waals surface area contributed by atoms with Gasteiger partial charge in [-0.15, -0.1) is 0 Å². The second-order valence-corrected chi connectivity index (χ2v) is 9.72. The molecule has 2 aromatic heterocycles. The van der Waals surface area contributed by atoms with Gasteiger partial charge in [0.2, 0.25) is 0 Å². The molecule has 2 heterocycles. The van der Waals surface area contributed by atoms with E-state index in [1.54, 1.807) is 0 Å². The maximum atomic E-state index is 13.3. The maximum Gasteiger partial charge on any atom is 0.289 e. The van der Waals surface area contributed by atoms with E-state index in [1.165, 1.54) is 0 Å². The molecule has 1 unspecified atom stereocenters. The van der Waals surface area contributed by atoms with Crippen LogP contribution in [0, 0.1) is 6.92 Å². The average molecular weight is 464 g/mol. The van der Waals surface area contributed by atoms with E-state index in [0.29, 0.717) is 24.8 Å². The van der Waals surface area contributed by atoms with Crippen LogP contribution in [0.15, 0.2) is 46.9 Å². The number of aromatic amines is 1. The lowest BCUT2D eigenvalue weighted by Gasteiger charge is -2.42. The number of aryl methyl sites for hydroxylation is 1. The third-order valence-electron chi connectivity index (χ3n) is 6.52. The number of aromatic nitrogens is 3. The normalized spacial score (nSPS) is 21.0. The molecule has 1 aliphatic rings. The maximum absolute atomic E-state index is 13.3. The van der Waals surface area contributed by atoms with Crippen molar-refractivity contribution in [3.05, 3.63) is 59.7 Å². The molecule has 1 saturated carbocycles. The second kappa shape index (κ2) is 8.83. The highest BCUT2D eigenvalue weighted by molar-refractivity contribution is 7.81. The second-order valence-electron chi connectivity index (χ2n) is 8.86. The summed E-state index contributed by atoms with van der Waals surface area (Å²) in [5.41, 5.74) is 4.50. The molecule has 33 heavy (non-hydrogen) atoms. The molecule has 2 aromatic carbocycles. The van der Waals surface area contributed by atoms with Gasteiger partial charge in [-0.3, -0.25) is 10.1 Å². The molecule has 2 N–H and O–H groups in total. The number of thiol groups is 1. The first-order valence-corrected chi connectivity index (χ1v) is 12.0. The van der Waals surface area contributed by atoms with Gasteiger partial charge in [0.1, 0.15) is 5.52 Å². The molecule has 7 nitrogen and oxygen atoms in total. The van der Waals surface area contributed by atoms with E-state index in [-0.39, 0.29) is 16.8 Å². The number of para-hydroxylation sites is 2. The summed E-state index contributed by atoms with van der Waals surface area (Å²) in [6, 6.07) is 13.9. The van der Waals surface area contributed by atoms with Gasteiger partial charge < -0.3 is 14.3 Å². The summed E-state index contributed by atoms with van der Waals surface area (Å²) in [6.45, 7) is 5.20. The first-order valence-electron chi connectivity index (χ1n) is 11.5. The van der Waals surface area contributed by atoms with Gasteiger partial charge in [0, 0.05) is 26.1 Å². The van der Waals surface area contributed by atoms with Gasteiger partial charge in [-0.2, -0.15) is 12.6 Å². The van der Waals surface area contributed by atoms with Crippen LogP contribution in [0.25, 0.3) is 22.1 Å². The lowest BCUT2D eigenvalue weighted by atomic mass is 9.88. The van der Waals surface area contributed by atoms with Crippen molar-refractivity contribution in [3.63, 3.8) is 0 Å². The zero-order valence-electron chi connectivity index (χ0n) is 19.0. The number of nitrogens with one attached hydrogen (secondary N) is 2. The summed E-state index contributed by atoms with van der Waals surface area (Å²) < 4.78 is 5.58. The number of benzene rings is 2. The Morgan fingerprint density at radius 2 is 2.12 bits per heavy atom. The number of hydrogen-bond acceptors (Lipinski definition) is 6. The zero-order valence-corrected chi connectivity index (χ0v) is 19.9. The molecular weight excluding hydrogens is 434 g/mol. The summed E-state index contributed by atoms with van der Waals surface area (Å²) in [7, 11) is 0. The predicted molar refractivity (Wildman–Crippen MR) is 132 cm³/mol. The summed E-state index contributed by atoms with van der Waals surface area (Å²) in [5, 5.41) is 3.64. The van der Waals surface area contributed by atoms with Gasteiger partial charge >= 0.3 is 0 Å². The van der Waals surface area contributed by atoms with Gasteiger partial charge in [-0.25, -0.2) is 9.97 Å². The fourth-order valence-electron chi connectivity index (χ4n) is 4.87. The number of nitrogens with zero attached hydrogens (tertiary/aromatic N) is 3. The Morgan fingerprint density at radius 1 is 1.27 bits per heavy atom. The van der Waals surface area contributed by atoms with Crippen molar-refractivity contribution < 1.29 is 9.21 Å². The third kappa shape index (κ3) is 4.50. The number of hydrogen-bond donors (Lipinski definition) is 3. The number of carbonyl (C=O) groups is 1. The quantitative estimate of drug-likeness (QED) is 0.282. The van der Waals surface area contributed by atoms with Crippen molar-refractivity contribution in [2.45, 2.75) is 57.0 Å². The van der Waals surface area contributed by atoms with E-state index in [1.807, 2.05) is 49.1 Å². The fourth-order valence-corrected chi connectivity index (χ4v) is 5.32. The first kappa shape index (κ1) is 22.0. The van der Waals surface area contributed by atoms with Crippen LogP contribution < -0.4 is 5.32 Å². The smallest absolute Gasteiger partial charge is 0.289 e. The molecular formula is C25H29N5O2S. The van der Waals surface area contributed by atoms with Crippen LogP contribution in [0.2, 0.25) is 0 Å². The van der Waals surface area contributed by atoms with Crippen molar-refractivity contribution in [1.29, 1.82) is 0 Å². The Balaban J connectivity index is 1.28. The largest absolute Gasteiger partial charge is 0.441 e. The molecule has 8 heteroatoms. The van der Waals surface area contributed by atoms with E-state index in [9.17, 15) is 4.79 Å². The Morgan fingerprint density at radius 3 is 2.94 bits per heavy atom. The summed E-state index contributed by atoms with van der Waals surface area (Å²) >= 11 is 5.04. The van der Waals surface area contributed by atoms with Crippen molar-refractivity contribution >= 4 is 40.7 Å². The lowest BCUT2D eigenvalue weighted by Crippen LogP contribution is -2.51. The Hall–Kier alpha value is -2.84. The number of amides is 1. The standard InChI is InChI=1S/C25H29N5O2S/c1-3-30(24(31)23-28-19-8-4-5-9-20(19)29-23)18-7-6-12-25(33,14-18)26-15-17-10-11-22-21(13-17)27-16(2)32-22/h4-5,8-11,13,18,26,33H,3,6-7,12,14-15H2,1-2H3,(H,28,29)/t18-,25?/m0/s1. The minimum absolute atomic E-state index is 0.0527. The Bertz CT molecular complexity index is 1270. The summed E-state index contributed by atoms with van der Waals surface area (Å²) in [6.07, 6.45) is 3.70. The van der Waals surface area contributed by atoms with Gasteiger partial charge in [-0.1, -0.05) is 18.2 Å². The Kier molecular flexibility index (Phi) is 5.88. The molecule has 2 atom stereocenters. The highest BCUT2D eigenvalue weighted by atomic mass is 32.1. The summed E-state index contributed by atoms with van der Waals surface area (Å²) in [5.74, 6) is 1.02. The van der Waals surface area contributed by atoms with Gasteiger partial charge in [0.25, 0.3) is 5.91 Å². The molecule has 1 aliphatic carbocycles. The number of carbonyl (C=O) groups excluding carboxylic acids is 1. The number of imidazole rings is 1. The van der Waals surface area contributed by atoms with Crippen molar-refractivity contribution in [1.82, 2.24) is 25.2 Å². The first-order chi connectivity index (χ1) is 15.9. The van der Waals surface area contributed by atoms with E-state index >= 15 is 0 Å². The minimum Gasteiger partial charge on any atom is -0.441 e. The topological polar surface area (TPSA) is 87.0 Å². The third-order valence-corrected chi connectivity index (χ3v) is 7.08. The SMILES string of the molecule is CCN(C(=O)c1nc2ccccc2[nH]1)[C@H]1CCCC(S)(NCc2ccc3oc(C)nc3c2)C1. The molecule has 0 saturated heterocycles. The number of H-pyrrole nitrogens is 1. The monoisotopic (exact) mass is 463 g/mol. The molecule has 5 rings (SSSR count). The molecule has 172 valence electrons. The molecule has 0 aliphatic heterocycles. The van der Waals surface area contributed by atoms with Crippen LogP contribution in [-0.2, 0) is 6.54 Å². The van der Waals surface area contributed by atoms with Crippen LogP contribution in [0.1, 0.15) is 54.7 Å². The van der Waals surface area contributed by atoms with Crippen molar-refractivity contribution in [2.75, 3.05) is 6.54 Å². The highest BCUT2D eigenvalue weighted by Gasteiger charge is 2.37. The molecule has 1 amide bonds. The Labute approximate surface area is 198 Å². The molecule has 1 fully saturated rings. The predicted octanol–water partition coefficient (Wildman–Crippen LogP) is 4.83. The number of rotatable bonds is 6. The molecule has 4 aromatic rings. The fraction of sp³-hybridized carbons (Fsp3) is 0.400. The van der Waals surface area contributed by atoms with Crippen molar-refractivity contribution in [3.8, 4) is 0 Å². The van der Waals surface area contributed by atoms with Crippen LogP contribution in [-0.4, -0.2) is 43.2 Å². The number of oxazole rings is 1. The summed E-state index contributed by atoms with van der Waals surface area (Å²) in [4.78, 5) is 27.1. The molecule has 0 spiro atoms. The van der Waals surface area contributed by atoms with Crippen LogP contribution in [0.5, 0.6) is 0 Å². The van der Waals surface area contributed by atoms with Crippen LogP contribution in [0.3, 0.4) is 0 Å². The zero-order chi connectivity index (χ0) is 23.0. The molecule has 0 bridgehead atoms. The van der Waals surface area contributed by atoms with Gasteiger partial charge in [-0.05, 0) is 62.4 Å². The van der Waals surface area contributed by atoms with Crippen LogP contribution >= 0.6 is 12.6 Å². The lowest BCUT2D eigenvalue weighted by molar-refractivity contribution is 0.0606. The van der Waals surface area contributed by atoms with E-state index in [2.05, 4.69) is 32.4 Å². The van der Waals surface area contributed by atoms with E-state index in [4.69, 9.17) is 17.0 Å². The minimum atomic E-state index is -0.348. The van der Waals surface area contributed by atoms with Crippen molar-refractivity contribution in [2.24, 2.45) is 0 Å². The van der Waals surface area contributed by atoms with Crippen LogP contribution in [0.4, 0.5) is 0 Å². The average Bonchev–Trinajstić information content (AvgIpc) is 3.40. The van der Waals surface area contributed by atoms with Gasteiger partial charge in [0.15, 0.2) is 17.3 Å². The van der Waals surface area contributed by atoms with E-state index < -0.39 is 0 Å². The molecule has 0 radical (unpaired) electrons. The highest BCUT2D eigenvalue weighted by Crippen LogP contribution is 2.35.